The summed E-state index contributed by atoms with van der Waals surface area (Å²) in [6.07, 6.45) is 2.54. The van der Waals surface area contributed by atoms with Crippen LogP contribution in [0, 0.1) is 12.8 Å². The maximum atomic E-state index is 13.0. The number of likely N-dealkylation sites (tertiary alicyclic amines) is 1. The van der Waals surface area contributed by atoms with Gasteiger partial charge in [-0.2, -0.15) is 0 Å². The average molecular weight is 358 g/mol. The van der Waals surface area contributed by atoms with E-state index in [9.17, 15) is 9.59 Å². The zero-order chi connectivity index (χ0) is 18.7. The Labute approximate surface area is 153 Å². The summed E-state index contributed by atoms with van der Waals surface area (Å²) in [4.78, 5) is 27.0. The van der Waals surface area contributed by atoms with Crippen molar-refractivity contribution in [3.8, 4) is 5.75 Å². The zero-order valence-corrected chi connectivity index (χ0v) is 15.6. The summed E-state index contributed by atoms with van der Waals surface area (Å²) in [5, 5.41) is 3.81. The third kappa shape index (κ3) is 3.54. The Bertz CT molecular complexity index is 811. The topological polar surface area (TPSA) is 71.8 Å². The molecule has 0 aliphatic carbocycles. The molecule has 1 saturated heterocycles. The first-order valence-corrected chi connectivity index (χ1v) is 9.19. The standard InChI is InChI=1S/C20H26N2O4/c1-4-9-21-19(23)14-6-5-10-22(12-14)20(24)18-13(2)16-11-15(25-3)7-8-17(16)26-18/h7-8,11,14H,4-6,9-10,12H2,1-3H3,(H,21,23)/t14-/m1/s1. The van der Waals surface area contributed by atoms with Crippen LogP contribution in [-0.4, -0.2) is 43.5 Å². The van der Waals surface area contributed by atoms with Gasteiger partial charge in [0.1, 0.15) is 11.3 Å². The minimum atomic E-state index is -0.149. The number of carbonyl (C=O) groups is 2. The molecule has 6 nitrogen and oxygen atoms in total. The maximum absolute atomic E-state index is 13.0. The highest BCUT2D eigenvalue weighted by Gasteiger charge is 2.31. The Morgan fingerprint density at radius 2 is 2.19 bits per heavy atom. The van der Waals surface area contributed by atoms with E-state index in [1.165, 1.54) is 0 Å². The highest BCUT2D eigenvalue weighted by atomic mass is 16.5. The third-order valence-electron chi connectivity index (χ3n) is 4.97. The lowest BCUT2D eigenvalue weighted by atomic mass is 9.96. The predicted molar refractivity (Wildman–Crippen MR) is 99.4 cm³/mol. The van der Waals surface area contributed by atoms with Crippen molar-refractivity contribution in [3.63, 3.8) is 0 Å². The molecule has 1 aromatic carbocycles. The van der Waals surface area contributed by atoms with Gasteiger partial charge in [-0.1, -0.05) is 6.92 Å². The van der Waals surface area contributed by atoms with Crippen LogP contribution in [0.5, 0.6) is 5.75 Å². The number of piperidine rings is 1. The van der Waals surface area contributed by atoms with Crippen LogP contribution in [-0.2, 0) is 4.79 Å². The number of carbonyl (C=O) groups excluding carboxylic acids is 2. The second-order valence-electron chi connectivity index (χ2n) is 6.80. The van der Waals surface area contributed by atoms with Crippen LogP contribution in [0.1, 0.15) is 42.3 Å². The van der Waals surface area contributed by atoms with Crippen LogP contribution >= 0.6 is 0 Å². The molecule has 0 radical (unpaired) electrons. The fourth-order valence-corrected chi connectivity index (χ4v) is 3.44. The third-order valence-corrected chi connectivity index (χ3v) is 4.97. The molecule has 1 aliphatic rings. The van der Waals surface area contributed by atoms with Gasteiger partial charge in [0.15, 0.2) is 5.76 Å². The molecule has 140 valence electrons. The average Bonchev–Trinajstić information content (AvgIpc) is 3.01. The van der Waals surface area contributed by atoms with Crippen LogP contribution < -0.4 is 10.1 Å². The lowest BCUT2D eigenvalue weighted by molar-refractivity contribution is -0.126. The Balaban J connectivity index is 1.79. The van der Waals surface area contributed by atoms with Crippen molar-refractivity contribution in [1.82, 2.24) is 10.2 Å². The van der Waals surface area contributed by atoms with E-state index in [1.807, 2.05) is 32.0 Å². The van der Waals surface area contributed by atoms with Gasteiger partial charge in [-0.15, -0.1) is 0 Å². The van der Waals surface area contributed by atoms with E-state index in [0.29, 0.717) is 31.0 Å². The summed E-state index contributed by atoms with van der Waals surface area (Å²) in [6, 6.07) is 5.51. The maximum Gasteiger partial charge on any atom is 0.289 e. The first-order valence-electron chi connectivity index (χ1n) is 9.19. The number of rotatable bonds is 5. The van der Waals surface area contributed by atoms with Crippen LogP contribution in [0.25, 0.3) is 11.0 Å². The molecule has 1 aromatic heterocycles. The zero-order valence-electron chi connectivity index (χ0n) is 15.6. The first-order chi connectivity index (χ1) is 12.5. The van der Waals surface area contributed by atoms with Gasteiger partial charge in [-0.05, 0) is 44.4 Å². The molecule has 1 fully saturated rings. The van der Waals surface area contributed by atoms with Crippen molar-refractivity contribution >= 4 is 22.8 Å². The second-order valence-corrected chi connectivity index (χ2v) is 6.80. The summed E-state index contributed by atoms with van der Waals surface area (Å²) in [5.74, 6) is 0.819. The highest BCUT2D eigenvalue weighted by Crippen LogP contribution is 2.30. The van der Waals surface area contributed by atoms with Gasteiger partial charge in [0.05, 0.1) is 13.0 Å². The number of aryl methyl sites for hydroxylation is 1. The van der Waals surface area contributed by atoms with Crippen molar-refractivity contribution in [2.24, 2.45) is 5.92 Å². The fourth-order valence-electron chi connectivity index (χ4n) is 3.44. The molecule has 0 saturated carbocycles. The van der Waals surface area contributed by atoms with Gasteiger partial charge in [-0.25, -0.2) is 0 Å². The number of ether oxygens (including phenoxy) is 1. The van der Waals surface area contributed by atoms with E-state index in [0.717, 1.165) is 36.0 Å². The molecular formula is C20H26N2O4. The Hall–Kier alpha value is -2.50. The molecule has 3 rings (SSSR count). The van der Waals surface area contributed by atoms with Crippen molar-refractivity contribution in [1.29, 1.82) is 0 Å². The van der Waals surface area contributed by atoms with E-state index >= 15 is 0 Å². The smallest absolute Gasteiger partial charge is 0.289 e. The summed E-state index contributed by atoms with van der Waals surface area (Å²) in [5.41, 5.74) is 1.47. The monoisotopic (exact) mass is 358 g/mol. The minimum Gasteiger partial charge on any atom is -0.497 e. The summed E-state index contributed by atoms with van der Waals surface area (Å²) in [7, 11) is 1.61. The predicted octanol–water partition coefficient (Wildman–Crippen LogP) is 3.13. The summed E-state index contributed by atoms with van der Waals surface area (Å²) >= 11 is 0. The van der Waals surface area contributed by atoms with Crippen LogP contribution in [0.2, 0.25) is 0 Å². The summed E-state index contributed by atoms with van der Waals surface area (Å²) < 4.78 is 11.1. The fraction of sp³-hybridized carbons (Fsp3) is 0.500. The molecule has 2 heterocycles. The molecule has 6 heteroatoms. The number of nitrogens with one attached hydrogen (secondary N) is 1. The lowest BCUT2D eigenvalue weighted by Crippen LogP contribution is -2.45. The van der Waals surface area contributed by atoms with Gasteiger partial charge in [0.2, 0.25) is 5.91 Å². The molecule has 0 unspecified atom stereocenters. The van der Waals surface area contributed by atoms with E-state index in [1.54, 1.807) is 12.0 Å². The molecule has 2 aromatic rings. The normalized spacial score (nSPS) is 17.3. The van der Waals surface area contributed by atoms with Gasteiger partial charge >= 0.3 is 0 Å². The number of nitrogens with zero attached hydrogens (tertiary/aromatic N) is 1. The number of benzene rings is 1. The molecule has 1 N–H and O–H groups in total. The minimum absolute atomic E-state index is 0.0374. The number of hydrogen-bond donors (Lipinski definition) is 1. The van der Waals surface area contributed by atoms with Crippen LogP contribution in [0.4, 0.5) is 0 Å². The SMILES string of the molecule is CCCNC(=O)[C@@H]1CCCN(C(=O)c2oc3ccc(OC)cc3c2C)C1. The van der Waals surface area contributed by atoms with E-state index in [4.69, 9.17) is 9.15 Å². The van der Waals surface area contributed by atoms with Gasteiger partial charge in [0.25, 0.3) is 5.91 Å². The van der Waals surface area contributed by atoms with Crippen LogP contribution in [0.3, 0.4) is 0 Å². The van der Waals surface area contributed by atoms with Crippen molar-refractivity contribution < 1.29 is 18.7 Å². The van der Waals surface area contributed by atoms with Gasteiger partial charge in [-0.3, -0.25) is 9.59 Å². The quantitative estimate of drug-likeness (QED) is 0.891. The molecule has 1 atom stereocenters. The number of amides is 2. The first kappa shape index (κ1) is 18.3. The number of hydrogen-bond acceptors (Lipinski definition) is 4. The van der Waals surface area contributed by atoms with Gasteiger partial charge < -0.3 is 19.4 Å². The highest BCUT2D eigenvalue weighted by molar-refractivity contribution is 5.99. The second kappa shape index (κ2) is 7.81. The molecule has 0 bridgehead atoms. The van der Waals surface area contributed by atoms with Gasteiger partial charge in [0, 0.05) is 30.6 Å². The molecule has 2 amide bonds. The molecular weight excluding hydrogens is 332 g/mol. The number of fused-ring (bicyclic) bond motifs is 1. The Kier molecular flexibility index (Phi) is 5.49. The largest absolute Gasteiger partial charge is 0.497 e. The lowest BCUT2D eigenvalue weighted by Gasteiger charge is -2.31. The number of furan rings is 1. The Morgan fingerprint density at radius 3 is 2.92 bits per heavy atom. The number of methoxy groups -OCH3 is 1. The summed E-state index contributed by atoms with van der Waals surface area (Å²) in [6.45, 7) is 5.67. The van der Waals surface area contributed by atoms with Crippen molar-refractivity contribution in [2.75, 3.05) is 26.7 Å². The van der Waals surface area contributed by atoms with E-state index < -0.39 is 0 Å². The Morgan fingerprint density at radius 1 is 1.38 bits per heavy atom. The van der Waals surface area contributed by atoms with Crippen molar-refractivity contribution in [3.05, 3.63) is 29.5 Å². The van der Waals surface area contributed by atoms with E-state index in [2.05, 4.69) is 5.32 Å². The van der Waals surface area contributed by atoms with E-state index in [-0.39, 0.29) is 17.7 Å². The molecule has 26 heavy (non-hydrogen) atoms. The van der Waals surface area contributed by atoms with Crippen molar-refractivity contribution in [2.45, 2.75) is 33.1 Å². The molecule has 0 spiro atoms. The van der Waals surface area contributed by atoms with Crippen LogP contribution in [0.15, 0.2) is 22.6 Å². The molecule has 1 aliphatic heterocycles.